The highest BCUT2D eigenvalue weighted by Crippen LogP contribution is 2.13. The predicted molar refractivity (Wildman–Crippen MR) is 86.6 cm³/mol. The van der Waals surface area contributed by atoms with Crippen molar-refractivity contribution >= 4 is 27.7 Å². The van der Waals surface area contributed by atoms with E-state index in [-0.39, 0.29) is 16.5 Å². The summed E-state index contributed by atoms with van der Waals surface area (Å²) in [6.07, 6.45) is -4.58. The zero-order valence-electron chi connectivity index (χ0n) is 14.2. The SMILES string of the molecule is CC(C)NC(=O)C(=O)NNS(=O)(=O)c1ccc(C(=O)NCC(F)(F)F)cc1. The Kier molecular flexibility index (Phi) is 7.30. The van der Waals surface area contributed by atoms with E-state index in [1.807, 2.05) is 0 Å². The second-order valence-electron chi connectivity index (χ2n) is 5.51. The summed E-state index contributed by atoms with van der Waals surface area (Å²) >= 11 is 0. The van der Waals surface area contributed by atoms with E-state index in [2.05, 4.69) is 5.32 Å². The normalized spacial score (nSPS) is 11.8. The van der Waals surface area contributed by atoms with Crippen LogP contribution in [0.1, 0.15) is 24.2 Å². The van der Waals surface area contributed by atoms with Crippen molar-refractivity contribution in [2.45, 2.75) is 31.0 Å². The first-order chi connectivity index (χ1) is 12.3. The van der Waals surface area contributed by atoms with Crippen LogP contribution in [0.15, 0.2) is 29.2 Å². The Morgan fingerprint density at radius 1 is 1.04 bits per heavy atom. The standard InChI is InChI=1S/C14H17F3N4O5S/c1-8(2)19-12(23)13(24)20-21-27(25,26)10-5-3-9(4-6-10)11(22)18-7-14(15,16)17/h3-6,8,21H,7H2,1-2H3,(H,18,22)(H,19,23)(H,20,24). The van der Waals surface area contributed by atoms with Gasteiger partial charge in [0.1, 0.15) is 6.54 Å². The average Bonchev–Trinajstić information content (AvgIpc) is 2.56. The molecule has 0 fully saturated rings. The molecule has 9 nitrogen and oxygen atoms in total. The second-order valence-corrected chi connectivity index (χ2v) is 7.19. The quantitative estimate of drug-likeness (QED) is 0.381. The number of carbonyl (C=O) groups is 3. The van der Waals surface area contributed by atoms with Gasteiger partial charge in [-0.25, -0.2) is 8.42 Å². The van der Waals surface area contributed by atoms with E-state index in [9.17, 15) is 36.0 Å². The monoisotopic (exact) mass is 410 g/mol. The molecule has 27 heavy (non-hydrogen) atoms. The van der Waals surface area contributed by atoms with Gasteiger partial charge in [0.15, 0.2) is 0 Å². The third kappa shape index (κ3) is 7.62. The van der Waals surface area contributed by atoms with Crippen LogP contribution >= 0.6 is 0 Å². The van der Waals surface area contributed by atoms with Crippen molar-refractivity contribution in [3.8, 4) is 0 Å². The van der Waals surface area contributed by atoms with E-state index in [0.29, 0.717) is 0 Å². The molecule has 0 heterocycles. The largest absolute Gasteiger partial charge is 0.405 e. The lowest BCUT2D eigenvalue weighted by Gasteiger charge is -2.11. The summed E-state index contributed by atoms with van der Waals surface area (Å²) in [4.78, 5) is 35.7. The van der Waals surface area contributed by atoms with E-state index in [4.69, 9.17) is 0 Å². The number of carbonyl (C=O) groups excluding carboxylic acids is 3. The number of hydrazine groups is 1. The number of hydrogen-bond donors (Lipinski definition) is 4. The van der Waals surface area contributed by atoms with Crippen molar-refractivity contribution in [1.82, 2.24) is 20.9 Å². The molecule has 0 saturated heterocycles. The van der Waals surface area contributed by atoms with Crippen molar-refractivity contribution in [3.63, 3.8) is 0 Å². The number of alkyl halides is 3. The highest BCUT2D eigenvalue weighted by atomic mass is 32.2. The van der Waals surface area contributed by atoms with Crippen LogP contribution in [-0.4, -0.2) is 44.9 Å². The molecule has 1 aromatic carbocycles. The van der Waals surface area contributed by atoms with Crippen LogP contribution < -0.4 is 20.9 Å². The molecule has 0 aromatic heterocycles. The molecule has 0 aliphatic carbocycles. The molecule has 13 heteroatoms. The summed E-state index contributed by atoms with van der Waals surface area (Å²) in [6, 6.07) is 3.55. The van der Waals surface area contributed by atoms with Gasteiger partial charge in [-0.15, -0.1) is 4.83 Å². The van der Waals surface area contributed by atoms with Gasteiger partial charge in [0.2, 0.25) is 0 Å². The number of sulfonamides is 1. The Balaban J connectivity index is 2.72. The van der Waals surface area contributed by atoms with Crippen LogP contribution in [0.3, 0.4) is 0 Å². The van der Waals surface area contributed by atoms with E-state index < -0.39 is 40.5 Å². The molecular weight excluding hydrogens is 393 g/mol. The van der Waals surface area contributed by atoms with Gasteiger partial charge in [-0.05, 0) is 38.1 Å². The first-order valence-corrected chi connectivity index (χ1v) is 8.88. The zero-order chi connectivity index (χ0) is 20.8. The Morgan fingerprint density at radius 2 is 1.59 bits per heavy atom. The fourth-order valence-corrected chi connectivity index (χ4v) is 2.46. The minimum atomic E-state index is -4.58. The fourth-order valence-electron chi connectivity index (χ4n) is 1.62. The van der Waals surface area contributed by atoms with Crippen molar-refractivity contribution in [3.05, 3.63) is 29.8 Å². The average molecular weight is 410 g/mol. The Bertz CT molecular complexity index is 807. The molecular formula is C14H17F3N4O5S. The molecule has 1 aromatic rings. The number of rotatable bonds is 6. The molecule has 4 N–H and O–H groups in total. The maximum atomic E-state index is 12.1. The number of hydrogen-bond acceptors (Lipinski definition) is 5. The predicted octanol–water partition coefficient (Wildman–Crippen LogP) is -0.187. The molecule has 1 rings (SSSR count). The Morgan fingerprint density at radius 3 is 2.07 bits per heavy atom. The van der Waals surface area contributed by atoms with Crippen LogP contribution in [0.25, 0.3) is 0 Å². The third-order valence-electron chi connectivity index (χ3n) is 2.80. The molecule has 0 aliphatic heterocycles. The van der Waals surface area contributed by atoms with Gasteiger partial charge in [0, 0.05) is 11.6 Å². The first kappa shape index (κ1) is 22.4. The van der Waals surface area contributed by atoms with Gasteiger partial charge in [0.05, 0.1) is 4.90 Å². The minimum absolute atomic E-state index is 0.196. The molecule has 0 bridgehead atoms. The minimum Gasteiger partial charge on any atom is -0.346 e. The van der Waals surface area contributed by atoms with E-state index in [1.165, 1.54) is 0 Å². The number of amides is 3. The molecule has 0 saturated carbocycles. The van der Waals surface area contributed by atoms with E-state index in [1.54, 1.807) is 29.4 Å². The first-order valence-electron chi connectivity index (χ1n) is 7.39. The number of benzene rings is 1. The van der Waals surface area contributed by atoms with Crippen LogP contribution in [0, 0.1) is 0 Å². The summed E-state index contributed by atoms with van der Waals surface area (Å²) < 4.78 is 60.2. The van der Waals surface area contributed by atoms with Gasteiger partial charge < -0.3 is 10.6 Å². The van der Waals surface area contributed by atoms with Crippen LogP contribution in [0.5, 0.6) is 0 Å². The molecule has 0 atom stereocenters. The lowest BCUT2D eigenvalue weighted by atomic mass is 10.2. The molecule has 0 spiro atoms. The van der Waals surface area contributed by atoms with Gasteiger partial charge >= 0.3 is 18.0 Å². The molecule has 0 radical (unpaired) electrons. The van der Waals surface area contributed by atoms with Gasteiger partial charge in [0.25, 0.3) is 15.9 Å². The summed E-state index contributed by atoms with van der Waals surface area (Å²) in [5.41, 5.74) is 1.51. The van der Waals surface area contributed by atoms with Crippen LogP contribution in [0.4, 0.5) is 13.2 Å². The maximum absolute atomic E-state index is 12.1. The van der Waals surface area contributed by atoms with Gasteiger partial charge in [-0.1, -0.05) is 0 Å². The Hall–Kier alpha value is -2.67. The molecule has 150 valence electrons. The highest BCUT2D eigenvalue weighted by molar-refractivity contribution is 7.89. The van der Waals surface area contributed by atoms with Crippen molar-refractivity contribution in [2.24, 2.45) is 0 Å². The summed E-state index contributed by atoms with van der Waals surface area (Å²) in [5.74, 6) is -3.33. The zero-order valence-corrected chi connectivity index (χ0v) is 15.0. The fraction of sp³-hybridized carbons (Fsp3) is 0.357. The number of halogens is 3. The van der Waals surface area contributed by atoms with Crippen molar-refractivity contribution < 1.29 is 36.0 Å². The summed E-state index contributed by atoms with van der Waals surface area (Å²) in [7, 11) is -4.27. The molecule has 3 amide bonds. The topological polar surface area (TPSA) is 133 Å². The highest BCUT2D eigenvalue weighted by Gasteiger charge is 2.28. The summed E-state index contributed by atoms with van der Waals surface area (Å²) in [6.45, 7) is 1.67. The molecule has 0 aliphatic rings. The van der Waals surface area contributed by atoms with Crippen LogP contribution in [-0.2, 0) is 19.6 Å². The van der Waals surface area contributed by atoms with Crippen molar-refractivity contribution in [1.29, 1.82) is 0 Å². The van der Waals surface area contributed by atoms with Crippen LogP contribution in [0.2, 0.25) is 0 Å². The Labute approximate surface area is 152 Å². The second kappa shape index (κ2) is 8.81. The van der Waals surface area contributed by atoms with E-state index in [0.717, 1.165) is 24.3 Å². The summed E-state index contributed by atoms with van der Waals surface area (Å²) in [5, 5.41) is 3.89. The van der Waals surface area contributed by atoms with E-state index >= 15 is 0 Å². The maximum Gasteiger partial charge on any atom is 0.405 e. The smallest absolute Gasteiger partial charge is 0.346 e. The third-order valence-corrected chi connectivity index (χ3v) is 4.06. The lowest BCUT2D eigenvalue weighted by molar-refractivity contribution is -0.139. The van der Waals surface area contributed by atoms with Gasteiger partial charge in [-0.2, -0.15) is 13.2 Å². The lowest BCUT2D eigenvalue weighted by Crippen LogP contribution is -2.49. The van der Waals surface area contributed by atoms with Crippen molar-refractivity contribution in [2.75, 3.05) is 6.54 Å². The molecule has 0 unspecified atom stereocenters. The number of nitrogens with one attached hydrogen (secondary N) is 4. The van der Waals surface area contributed by atoms with Gasteiger partial charge in [-0.3, -0.25) is 19.8 Å².